The van der Waals surface area contributed by atoms with Crippen molar-refractivity contribution in [1.82, 2.24) is 4.90 Å². The van der Waals surface area contributed by atoms with Crippen molar-refractivity contribution in [2.24, 2.45) is 0 Å². The SMILES string of the molecule is CCN(C(=O)c1cc(Oc2ccc(C(F)(F)F)cc2C(F)(F)F)ccc1[N+](=O)[O-])C(C)SC. The normalized spacial score (nSPS) is 12.9. The van der Waals surface area contributed by atoms with E-state index in [4.69, 9.17) is 4.74 Å². The van der Waals surface area contributed by atoms with Gasteiger partial charge in [0.1, 0.15) is 17.1 Å². The number of hydrogen-bond donors (Lipinski definition) is 0. The fourth-order valence-electron chi connectivity index (χ4n) is 2.90. The molecule has 0 radical (unpaired) electrons. The van der Waals surface area contributed by atoms with Crippen molar-refractivity contribution < 1.29 is 40.8 Å². The topological polar surface area (TPSA) is 72.7 Å². The van der Waals surface area contributed by atoms with Gasteiger partial charge in [-0.15, -0.1) is 11.8 Å². The van der Waals surface area contributed by atoms with Crippen molar-refractivity contribution in [3.05, 3.63) is 63.2 Å². The number of halogens is 6. The number of ether oxygens (including phenoxy) is 1. The molecule has 0 aliphatic carbocycles. The third-order valence-electron chi connectivity index (χ3n) is 4.62. The van der Waals surface area contributed by atoms with Crippen LogP contribution in [0.15, 0.2) is 36.4 Å². The first-order chi connectivity index (χ1) is 15.2. The number of carbonyl (C=O) groups is 1. The lowest BCUT2D eigenvalue weighted by molar-refractivity contribution is -0.385. The zero-order chi connectivity index (χ0) is 25.1. The lowest BCUT2D eigenvalue weighted by atomic mass is 10.1. The Hall–Kier alpha value is -2.96. The molecule has 0 aliphatic rings. The van der Waals surface area contributed by atoms with E-state index in [0.29, 0.717) is 12.1 Å². The lowest BCUT2D eigenvalue weighted by Crippen LogP contribution is -2.36. The molecule has 0 saturated heterocycles. The van der Waals surface area contributed by atoms with Crippen LogP contribution in [-0.4, -0.2) is 33.9 Å². The van der Waals surface area contributed by atoms with Crippen LogP contribution in [0.1, 0.15) is 35.3 Å². The number of rotatable bonds is 7. The first-order valence-corrected chi connectivity index (χ1v) is 10.6. The highest BCUT2D eigenvalue weighted by Crippen LogP contribution is 2.42. The van der Waals surface area contributed by atoms with E-state index < -0.39 is 51.3 Å². The van der Waals surface area contributed by atoms with E-state index in [2.05, 4.69) is 0 Å². The average molecular weight is 496 g/mol. The number of thioether (sulfide) groups is 1. The second-order valence-corrected chi connectivity index (χ2v) is 7.82. The number of alkyl halides is 6. The summed E-state index contributed by atoms with van der Waals surface area (Å²) in [5, 5.41) is 11.0. The van der Waals surface area contributed by atoms with Crippen LogP contribution in [0.25, 0.3) is 0 Å². The molecule has 1 amide bonds. The molecule has 33 heavy (non-hydrogen) atoms. The highest BCUT2D eigenvalue weighted by Gasteiger charge is 2.39. The second kappa shape index (κ2) is 9.89. The average Bonchev–Trinajstić information content (AvgIpc) is 2.72. The van der Waals surface area contributed by atoms with Crippen LogP contribution in [0, 0.1) is 10.1 Å². The first-order valence-electron chi connectivity index (χ1n) is 9.29. The summed E-state index contributed by atoms with van der Waals surface area (Å²) < 4.78 is 83.9. The van der Waals surface area contributed by atoms with Gasteiger partial charge in [-0.3, -0.25) is 14.9 Å². The van der Waals surface area contributed by atoms with Crippen molar-refractivity contribution in [1.29, 1.82) is 0 Å². The third-order valence-corrected chi connectivity index (χ3v) is 5.55. The van der Waals surface area contributed by atoms with E-state index in [9.17, 15) is 41.3 Å². The first kappa shape index (κ1) is 26.3. The van der Waals surface area contributed by atoms with E-state index in [1.165, 1.54) is 16.7 Å². The van der Waals surface area contributed by atoms with E-state index in [0.717, 1.165) is 18.2 Å². The molecule has 2 rings (SSSR count). The van der Waals surface area contributed by atoms with Gasteiger partial charge >= 0.3 is 12.4 Å². The van der Waals surface area contributed by atoms with E-state index in [1.54, 1.807) is 20.1 Å². The van der Waals surface area contributed by atoms with E-state index in [-0.39, 0.29) is 23.7 Å². The monoisotopic (exact) mass is 496 g/mol. The van der Waals surface area contributed by atoms with Crippen molar-refractivity contribution in [3.63, 3.8) is 0 Å². The molecule has 0 saturated carbocycles. The molecule has 1 unspecified atom stereocenters. The van der Waals surface area contributed by atoms with Gasteiger partial charge in [0.2, 0.25) is 0 Å². The van der Waals surface area contributed by atoms with Gasteiger partial charge in [0, 0.05) is 18.7 Å². The smallest absolute Gasteiger partial charge is 0.420 e. The Bertz CT molecular complexity index is 1040. The summed E-state index contributed by atoms with van der Waals surface area (Å²) in [4.78, 5) is 24.8. The molecule has 0 fully saturated rings. The number of amides is 1. The van der Waals surface area contributed by atoms with Gasteiger partial charge < -0.3 is 9.64 Å². The third kappa shape index (κ3) is 6.09. The number of nitro benzene ring substituents is 1. The number of nitro groups is 1. The molecule has 0 N–H and O–H groups in total. The van der Waals surface area contributed by atoms with Crippen LogP contribution in [0.2, 0.25) is 0 Å². The van der Waals surface area contributed by atoms with Crippen LogP contribution in [-0.2, 0) is 12.4 Å². The predicted molar refractivity (Wildman–Crippen MR) is 109 cm³/mol. The summed E-state index contributed by atoms with van der Waals surface area (Å²) in [6, 6.07) is 3.57. The van der Waals surface area contributed by atoms with Gasteiger partial charge in [-0.1, -0.05) is 0 Å². The molecular weight excluding hydrogens is 478 g/mol. The molecule has 2 aromatic rings. The zero-order valence-corrected chi connectivity index (χ0v) is 18.3. The number of nitrogens with zero attached hydrogens (tertiary/aromatic N) is 2. The summed E-state index contributed by atoms with van der Waals surface area (Å²) in [5.41, 5.74) is -4.23. The Morgan fingerprint density at radius 1 is 1.12 bits per heavy atom. The predicted octanol–water partition coefficient (Wildman–Crippen LogP) is 6.60. The van der Waals surface area contributed by atoms with Crippen molar-refractivity contribution in [3.8, 4) is 11.5 Å². The van der Waals surface area contributed by atoms with Gasteiger partial charge in [-0.05, 0) is 44.4 Å². The minimum absolute atomic E-state index is 0.0915. The highest BCUT2D eigenvalue weighted by atomic mass is 32.2. The fourth-order valence-corrected chi connectivity index (χ4v) is 3.40. The highest BCUT2D eigenvalue weighted by molar-refractivity contribution is 7.99. The summed E-state index contributed by atoms with van der Waals surface area (Å²) in [7, 11) is 0. The zero-order valence-electron chi connectivity index (χ0n) is 17.5. The van der Waals surface area contributed by atoms with Crippen molar-refractivity contribution >= 4 is 23.4 Å². The number of hydrogen-bond acceptors (Lipinski definition) is 5. The Morgan fingerprint density at radius 2 is 1.76 bits per heavy atom. The molecule has 6 nitrogen and oxygen atoms in total. The lowest BCUT2D eigenvalue weighted by Gasteiger charge is -2.26. The van der Waals surface area contributed by atoms with Crippen LogP contribution in [0.5, 0.6) is 11.5 Å². The molecule has 180 valence electrons. The van der Waals surface area contributed by atoms with E-state index in [1.807, 2.05) is 0 Å². The molecule has 0 heterocycles. The van der Waals surface area contributed by atoms with Crippen molar-refractivity contribution in [2.45, 2.75) is 31.6 Å². The summed E-state index contributed by atoms with van der Waals surface area (Å²) in [5.74, 6) is -2.09. The standard InChI is InChI=1S/C20H18F6N2O4S/c1-4-27(11(2)33-3)18(29)14-10-13(6-7-16(14)28(30)31)32-17-8-5-12(19(21,22)23)9-15(17)20(24,25)26/h5-11H,4H2,1-3H3. The Morgan fingerprint density at radius 3 is 2.24 bits per heavy atom. The number of benzene rings is 2. The minimum Gasteiger partial charge on any atom is -0.457 e. The van der Waals surface area contributed by atoms with Crippen molar-refractivity contribution in [2.75, 3.05) is 12.8 Å². The summed E-state index contributed by atoms with van der Waals surface area (Å²) in [6.07, 6.45) is -8.47. The maximum absolute atomic E-state index is 13.4. The van der Waals surface area contributed by atoms with Gasteiger partial charge in [0.05, 0.1) is 21.4 Å². The molecule has 2 aromatic carbocycles. The van der Waals surface area contributed by atoms with Crippen LogP contribution in [0.4, 0.5) is 32.0 Å². The van der Waals surface area contributed by atoms with Crippen LogP contribution >= 0.6 is 11.8 Å². The van der Waals surface area contributed by atoms with Gasteiger partial charge in [0.15, 0.2) is 0 Å². The van der Waals surface area contributed by atoms with Crippen LogP contribution < -0.4 is 4.74 Å². The van der Waals surface area contributed by atoms with Crippen LogP contribution in [0.3, 0.4) is 0 Å². The largest absolute Gasteiger partial charge is 0.457 e. The maximum atomic E-state index is 13.4. The molecule has 0 spiro atoms. The Kier molecular flexibility index (Phi) is 7.88. The molecule has 0 bridgehead atoms. The Labute approximate surface area is 188 Å². The molecule has 0 aliphatic heterocycles. The van der Waals surface area contributed by atoms with Gasteiger partial charge in [-0.25, -0.2) is 0 Å². The van der Waals surface area contributed by atoms with Gasteiger partial charge in [0.25, 0.3) is 11.6 Å². The Balaban J connectivity index is 2.56. The minimum atomic E-state index is -5.18. The molecule has 0 aromatic heterocycles. The summed E-state index contributed by atoms with van der Waals surface area (Å²) in [6.45, 7) is 3.53. The second-order valence-electron chi connectivity index (χ2n) is 6.67. The quantitative estimate of drug-likeness (QED) is 0.187. The molecule has 1 atom stereocenters. The fraction of sp³-hybridized carbons (Fsp3) is 0.350. The number of carbonyl (C=O) groups excluding carboxylic acids is 1. The molecule has 13 heteroatoms. The molecular formula is C20H18F6N2O4S. The van der Waals surface area contributed by atoms with E-state index >= 15 is 0 Å². The van der Waals surface area contributed by atoms with Gasteiger partial charge in [-0.2, -0.15) is 26.3 Å². The maximum Gasteiger partial charge on any atom is 0.420 e. The summed E-state index contributed by atoms with van der Waals surface area (Å²) >= 11 is 1.30.